The van der Waals surface area contributed by atoms with Gasteiger partial charge in [-0.2, -0.15) is 0 Å². The summed E-state index contributed by atoms with van der Waals surface area (Å²) < 4.78 is 0. The number of hydrogen-bond donors (Lipinski definition) is 0. The van der Waals surface area contributed by atoms with Crippen molar-refractivity contribution in [3.63, 3.8) is 0 Å². The molecule has 2 aliphatic rings. The molecule has 4 unspecified atom stereocenters. The van der Waals surface area contributed by atoms with Gasteiger partial charge in [0.1, 0.15) is 5.78 Å². The molecule has 2 rings (SSSR count). The van der Waals surface area contributed by atoms with Crippen molar-refractivity contribution in [3.05, 3.63) is 0 Å². The van der Waals surface area contributed by atoms with E-state index >= 15 is 0 Å². The Morgan fingerprint density at radius 2 is 1.47 bits per heavy atom. The minimum absolute atomic E-state index is 0.208. The lowest BCUT2D eigenvalue weighted by atomic mass is 9.57. The molecule has 0 heterocycles. The van der Waals surface area contributed by atoms with E-state index < -0.39 is 0 Å². The van der Waals surface area contributed by atoms with Crippen molar-refractivity contribution in [2.75, 3.05) is 0 Å². The first-order chi connectivity index (χ1) is 8.80. The van der Waals surface area contributed by atoms with Gasteiger partial charge in [0.05, 0.1) is 0 Å². The molecule has 0 bridgehead atoms. The second kappa shape index (κ2) is 5.58. The molecule has 1 heteroatoms. The van der Waals surface area contributed by atoms with Crippen molar-refractivity contribution in [1.29, 1.82) is 0 Å². The van der Waals surface area contributed by atoms with Gasteiger partial charge in [-0.05, 0) is 61.2 Å². The Kier molecular flexibility index (Phi) is 4.42. The van der Waals surface area contributed by atoms with Crippen LogP contribution in [-0.4, -0.2) is 5.78 Å². The lowest BCUT2D eigenvalue weighted by molar-refractivity contribution is -0.132. The summed E-state index contributed by atoms with van der Waals surface area (Å²) in [6, 6.07) is 0. The molecule has 2 fully saturated rings. The average molecular weight is 264 g/mol. The van der Waals surface area contributed by atoms with E-state index in [1.54, 1.807) is 0 Å². The highest BCUT2D eigenvalue weighted by Crippen LogP contribution is 2.49. The fourth-order valence-electron chi connectivity index (χ4n) is 4.83. The first kappa shape index (κ1) is 15.1. The molecule has 2 saturated carbocycles. The molecule has 0 radical (unpaired) electrons. The first-order valence-electron chi connectivity index (χ1n) is 8.33. The van der Waals surface area contributed by atoms with Gasteiger partial charge >= 0.3 is 0 Å². The largest absolute Gasteiger partial charge is 0.299 e. The second-order valence-corrected chi connectivity index (χ2v) is 8.34. The third kappa shape index (κ3) is 3.23. The molecule has 4 atom stereocenters. The Balaban J connectivity index is 2.10. The molecule has 0 saturated heterocycles. The average Bonchev–Trinajstić information content (AvgIpc) is 2.26. The van der Waals surface area contributed by atoms with Gasteiger partial charge in [0.2, 0.25) is 0 Å². The molecule has 0 aromatic heterocycles. The Morgan fingerprint density at radius 1 is 0.895 bits per heavy atom. The van der Waals surface area contributed by atoms with Gasteiger partial charge in [0, 0.05) is 12.3 Å². The highest BCUT2D eigenvalue weighted by molar-refractivity contribution is 5.82. The van der Waals surface area contributed by atoms with Crippen LogP contribution >= 0.6 is 0 Å². The van der Waals surface area contributed by atoms with Crippen molar-refractivity contribution in [2.45, 2.75) is 73.1 Å². The molecule has 0 aliphatic heterocycles. The first-order valence-corrected chi connectivity index (χ1v) is 8.33. The summed E-state index contributed by atoms with van der Waals surface area (Å²) >= 11 is 0. The SMILES string of the molecule is CC1CCC(C(C)(C)C2CC(C)CC(C)C2)C(=O)C1. The number of carbonyl (C=O) groups excluding carboxylic acids is 1. The maximum Gasteiger partial charge on any atom is 0.136 e. The predicted molar refractivity (Wildman–Crippen MR) is 81.0 cm³/mol. The molecule has 2 aliphatic carbocycles. The van der Waals surface area contributed by atoms with Gasteiger partial charge in [0.15, 0.2) is 0 Å². The van der Waals surface area contributed by atoms with Crippen molar-refractivity contribution >= 4 is 5.78 Å². The lowest BCUT2D eigenvalue weighted by Crippen LogP contribution is -2.42. The van der Waals surface area contributed by atoms with Crippen LogP contribution in [0.3, 0.4) is 0 Å². The molecule has 0 aromatic carbocycles. The molecule has 0 aromatic rings. The van der Waals surface area contributed by atoms with Gasteiger partial charge in [-0.1, -0.05) is 34.6 Å². The Bertz CT molecular complexity index is 321. The third-order valence-electron chi connectivity index (χ3n) is 6.02. The van der Waals surface area contributed by atoms with Crippen LogP contribution in [0, 0.1) is 35.0 Å². The Hall–Kier alpha value is -0.330. The van der Waals surface area contributed by atoms with E-state index in [1.807, 2.05) is 0 Å². The summed E-state index contributed by atoms with van der Waals surface area (Å²) in [6.45, 7) is 11.8. The minimum atomic E-state index is 0.208. The number of rotatable bonds is 2. The normalized spacial score (nSPS) is 41.3. The minimum Gasteiger partial charge on any atom is -0.299 e. The molecular formula is C18H32O. The summed E-state index contributed by atoms with van der Waals surface area (Å²) in [5, 5.41) is 0. The predicted octanol–water partition coefficient (Wildman–Crippen LogP) is 5.09. The van der Waals surface area contributed by atoms with Gasteiger partial charge in [-0.25, -0.2) is 0 Å². The summed E-state index contributed by atoms with van der Waals surface area (Å²) in [5.41, 5.74) is 0.208. The van der Waals surface area contributed by atoms with Crippen LogP contribution in [0.4, 0.5) is 0 Å². The van der Waals surface area contributed by atoms with Crippen LogP contribution in [0.2, 0.25) is 0 Å². The van der Waals surface area contributed by atoms with Gasteiger partial charge in [-0.15, -0.1) is 0 Å². The molecular weight excluding hydrogens is 232 g/mol. The molecule has 0 N–H and O–H groups in total. The van der Waals surface area contributed by atoms with Crippen molar-refractivity contribution in [3.8, 4) is 0 Å². The van der Waals surface area contributed by atoms with E-state index in [2.05, 4.69) is 34.6 Å². The van der Waals surface area contributed by atoms with Gasteiger partial charge in [0.25, 0.3) is 0 Å². The van der Waals surface area contributed by atoms with Crippen molar-refractivity contribution in [2.24, 2.45) is 35.0 Å². The highest BCUT2D eigenvalue weighted by atomic mass is 16.1. The maximum absolute atomic E-state index is 12.5. The summed E-state index contributed by atoms with van der Waals surface area (Å²) in [5.74, 6) is 3.91. The zero-order chi connectivity index (χ0) is 14.2. The van der Waals surface area contributed by atoms with Crippen LogP contribution in [0.25, 0.3) is 0 Å². The van der Waals surface area contributed by atoms with Crippen molar-refractivity contribution < 1.29 is 4.79 Å². The van der Waals surface area contributed by atoms with E-state index in [0.717, 1.165) is 30.6 Å². The van der Waals surface area contributed by atoms with E-state index in [0.29, 0.717) is 17.6 Å². The quantitative estimate of drug-likeness (QED) is 0.679. The summed E-state index contributed by atoms with van der Waals surface area (Å²) in [7, 11) is 0. The Labute approximate surface area is 119 Å². The lowest BCUT2D eigenvalue weighted by Gasteiger charge is -2.47. The zero-order valence-corrected chi connectivity index (χ0v) is 13.5. The van der Waals surface area contributed by atoms with Gasteiger partial charge < -0.3 is 0 Å². The molecule has 1 nitrogen and oxygen atoms in total. The number of Topliss-reactive ketones (excluding diaryl/α,β-unsaturated/α-hetero) is 1. The molecule has 110 valence electrons. The zero-order valence-electron chi connectivity index (χ0n) is 13.5. The number of hydrogen-bond acceptors (Lipinski definition) is 1. The van der Waals surface area contributed by atoms with Gasteiger partial charge in [-0.3, -0.25) is 4.79 Å². The van der Waals surface area contributed by atoms with Crippen LogP contribution in [-0.2, 0) is 4.79 Å². The smallest absolute Gasteiger partial charge is 0.136 e. The topological polar surface area (TPSA) is 17.1 Å². The van der Waals surface area contributed by atoms with E-state index in [9.17, 15) is 4.79 Å². The summed E-state index contributed by atoms with van der Waals surface area (Å²) in [4.78, 5) is 12.5. The van der Waals surface area contributed by atoms with Crippen LogP contribution in [0.5, 0.6) is 0 Å². The fraction of sp³-hybridized carbons (Fsp3) is 0.944. The number of carbonyl (C=O) groups is 1. The Morgan fingerprint density at radius 3 is 2.00 bits per heavy atom. The van der Waals surface area contributed by atoms with Crippen LogP contribution < -0.4 is 0 Å². The van der Waals surface area contributed by atoms with E-state index in [4.69, 9.17) is 0 Å². The fourth-order valence-corrected chi connectivity index (χ4v) is 4.83. The van der Waals surface area contributed by atoms with Crippen LogP contribution in [0.15, 0.2) is 0 Å². The van der Waals surface area contributed by atoms with Crippen LogP contribution in [0.1, 0.15) is 73.1 Å². The number of ketones is 1. The monoisotopic (exact) mass is 264 g/mol. The van der Waals surface area contributed by atoms with E-state index in [1.165, 1.54) is 25.7 Å². The molecule has 0 spiro atoms. The third-order valence-corrected chi connectivity index (χ3v) is 6.02. The maximum atomic E-state index is 12.5. The standard InChI is InChI=1S/C18H32O/c1-12-6-7-16(17(19)11-12)18(4,5)15-9-13(2)8-14(3)10-15/h12-16H,6-11H2,1-5H3. The molecule has 0 amide bonds. The van der Waals surface area contributed by atoms with E-state index in [-0.39, 0.29) is 5.41 Å². The van der Waals surface area contributed by atoms with Crippen molar-refractivity contribution in [1.82, 2.24) is 0 Å². The highest BCUT2D eigenvalue weighted by Gasteiger charge is 2.44. The summed E-state index contributed by atoms with van der Waals surface area (Å²) in [6.07, 6.45) is 7.24. The molecule has 19 heavy (non-hydrogen) atoms. The second-order valence-electron chi connectivity index (χ2n) is 8.34.